The van der Waals surface area contributed by atoms with Gasteiger partial charge in [0.1, 0.15) is 12.1 Å². The van der Waals surface area contributed by atoms with E-state index >= 15 is 0 Å². The summed E-state index contributed by atoms with van der Waals surface area (Å²) in [4.78, 5) is 39.8. The molecular formula is C20H23N3O5S. The maximum absolute atomic E-state index is 13.0. The van der Waals surface area contributed by atoms with Gasteiger partial charge in [0.2, 0.25) is 5.91 Å². The highest BCUT2D eigenvalue weighted by Crippen LogP contribution is 2.35. The maximum Gasteiger partial charge on any atom is 0.325 e. The Morgan fingerprint density at radius 3 is 2.59 bits per heavy atom. The number of benzene rings is 1. The molecule has 0 spiro atoms. The number of thiophene rings is 1. The number of nitrogens with zero attached hydrogens (tertiary/aromatic N) is 1. The smallest absolute Gasteiger partial charge is 0.325 e. The van der Waals surface area contributed by atoms with Crippen LogP contribution in [0.5, 0.6) is 11.5 Å². The van der Waals surface area contributed by atoms with Gasteiger partial charge in [0.25, 0.3) is 5.91 Å². The van der Waals surface area contributed by atoms with Crippen molar-refractivity contribution in [3.05, 3.63) is 46.2 Å². The number of urea groups is 1. The molecule has 3 rings (SSSR count). The summed E-state index contributed by atoms with van der Waals surface area (Å²) in [7, 11) is 3.00. The number of hydrogen-bond donors (Lipinski definition) is 2. The van der Waals surface area contributed by atoms with Crippen molar-refractivity contribution >= 4 is 29.2 Å². The van der Waals surface area contributed by atoms with Crippen LogP contribution in [0, 0.1) is 0 Å². The van der Waals surface area contributed by atoms with E-state index in [-0.39, 0.29) is 12.6 Å². The van der Waals surface area contributed by atoms with Gasteiger partial charge in [0.05, 0.1) is 20.3 Å². The Bertz CT molecular complexity index is 930. The molecule has 4 amide bonds. The molecule has 0 radical (unpaired) electrons. The first kappa shape index (κ1) is 20.7. The fourth-order valence-electron chi connectivity index (χ4n) is 3.22. The van der Waals surface area contributed by atoms with E-state index in [4.69, 9.17) is 9.47 Å². The minimum atomic E-state index is -1.31. The van der Waals surface area contributed by atoms with Crippen LogP contribution in [0.2, 0.25) is 0 Å². The molecular weight excluding hydrogens is 394 g/mol. The topological polar surface area (TPSA) is 97.0 Å². The molecule has 0 bridgehead atoms. The number of rotatable bonds is 7. The molecule has 1 aliphatic heterocycles. The second kappa shape index (κ2) is 8.12. The van der Waals surface area contributed by atoms with Crippen LogP contribution in [0.3, 0.4) is 0 Å². The van der Waals surface area contributed by atoms with Gasteiger partial charge in [-0.3, -0.25) is 14.5 Å². The van der Waals surface area contributed by atoms with E-state index in [1.807, 2.05) is 24.4 Å². The highest BCUT2D eigenvalue weighted by molar-refractivity contribution is 7.10. The molecule has 29 heavy (non-hydrogen) atoms. The quantitative estimate of drug-likeness (QED) is 0.675. The molecule has 154 valence electrons. The number of nitrogens with one attached hydrogen (secondary N) is 2. The largest absolute Gasteiger partial charge is 0.493 e. The zero-order chi connectivity index (χ0) is 21.2. The van der Waals surface area contributed by atoms with Gasteiger partial charge in [-0.05, 0) is 43.0 Å². The molecule has 1 aliphatic rings. The van der Waals surface area contributed by atoms with E-state index in [0.29, 0.717) is 17.1 Å². The van der Waals surface area contributed by atoms with Crippen molar-refractivity contribution in [3.8, 4) is 11.5 Å². The number of imide groups is 1. The summed E-state index contributed by atoms with van der Waals surface area (Å²) in [6, 6.07) is 7.97. The number of carbonyl (C=O) groups is 3. The summed E-state index contributed by atoms with van der Waals surface area (Å²) in [6.45, 7) is 3.09. The molecule has 2 atom stereocenters. The fourth-order valence-corrected chi connectivity index (χ4v) is 3.96. The monoisotopic (exact) mass is 417 g/mol. The van der Waals surface area contributed by atoms with Crippen molar-refractivity contribution in [2.24, 2.45) is 0 Å². The van der Waals surface area contributed by atoms with Gasteiger partial charge in [-0.25, -0.2) is 4.79 Å². The van der Waals surface area contributed by atoms with Crippen molar-refractivity contribution in [3.63, 3.8) is 0 Å². The average molecular weight is 417 g/mol. The van der Waals surface area contributed by atoms with Gasteiger partial charge >= 0.3 is 6.03 Å². The molecule has 9 heteroatoms. The standard InChI is InChI=1S/C20H23N3O5S/c1-12(16-6-5-9-29-16)21-17(24)11-23-18(25)20(2,22-19(23)26)13-7-8-14(27-3)15(10-13)28-4/h5-10,12H,11H2,1-4H3,(H,21,24)(H,22,26)/t12-,20-/m0/s1. The first-order valence-corrected chi connectivity index (χ1v) is 9.87. The zero-order valence-corrected chi connectivity index (χ0v) is 17.5. The summed E-state index contributed by atoms with van der Waals surface area (Å²) in [5.41, 5.74) is -0.778. The molecule has 0 aliphatic carbocycles. The molecule has 1 saturated heterocycles. The first-order valence-electron chi connectivity index (χ1n) is 8.99. The summed E-state index contributed by atoms with van der Waals surface area (Å²) in [6.07, 6.45) is 0. The van der Waals surface area contributed by atoms with Crippen LogP contribution in [-0.2, 0) is 15.1 Å². The van der Waals surface area contributed by atoms with Crippen LogP contribution < -0.4 is 20.1 Å². The molecule has 8 nitrogen and oxygen atoms in total. The molecule has 0 unspecified atom stereocenters. The zero-order valence-electron chi connectivity index (χ0n) is 16.6. The van der Waals surface area contributed by atoms with Crippen LogP contribution in [0.4, 0.5) is 4.79 Å². The van der Waals surface area contributed by atoms with Gasteiger partial charge in [-0.15, -0.1) is 11.3 Å². The number of amides is 4. The maximum atomic E-state index is 13.0. The van der Waals surface area contributed by atoms with E-state index in [9.17, 15) is 14.4 Å². The molecule has 2 aromatic rings. The molecule has 2 N–H and O–H groups in total. The lowest BCUT2D eigenvalue weighted by Gasteiger charge is -2.23. The van der Waals surface area contributed by atoms with Crippen LogP contribution in [0.1, 0.15) is 30.3 Å². The van der Waals surface area contributed by atoms with E-state index in [1.165, 1.54) is 25.6 Å². The van der Waals surface area contributed by atoms with Crippen molar-refractivity contribution in [1.29, 1.82) is 0 Å². The Morgan fingerprint density at radius 1 is 1.24 bits per heavy atom. The molecule has 1 aromatic carbocycles. The molecule has 0 saturated carbocycles. The van der Waals surface area contributed by atoms with Crippen molar-refractivity contribution < 1.29 is 23.9 Å². The third-order valence-corrected chi connectivity index (χ3v) is 5.94. The van der Waals surface area contributed by atoms with Gasteiger partial charge in [-0.1, -0.05) is 12.1 Å². The van der Waals surface area contributed by atoms with Crippen LogP contribution in [0.15, 0.2) is 35.7 Å². The number of hydrogen-bond acceptors (Lipinski definition) is 6. The predicted molar refractivity (Wildman–Crippen MR) is 108 cm³/mol. The van der Waals surface area contributed by atoms with Gasteiger partial charge in [-0.2, -0.15) is 0 Å². The predicted octanol–water partition coefficient (Wildman–Crippen LogP) is 2.41. The summed E-state index contributed by atoms with van der Waals surface area (Å²) in [5.74, 6) is 0.0317. The fraction of sp³-hybridized carbons (Fsp3) is 0.350. The van der Waals surface area contributed by atoms with Gasteiger partial charge in [0.15, 0.2) is 11.5 Å². The highest BCUT2D eigenvalue weighted by Gasteiger charge is 2.49. The summed E-state index contributed by atoms with van der Waals surface area (Å²) >= 11 is 1.52. The average Bonchev–Trinajstić information content (AvgIpc) is 3.31. The third-order valence-electron chi connectivity index (χ3n) is 4.89. The van der Waals surface area contributed by atoms with Crippen LogP contribution in [0.25, 0.3) is 0 Å². The van der Waals surface area contributed by atoms with Crippen molar-refractivity contribution in [1.82, 2.24) is 15.5 Å². The van der Waals surface area contributed by atoms with Gasteiger partial charge < -0.3 is 20.1 Å². The SMILES string of the molecule is COc1ccc([C@]2(C)NC(=O)N(CC(=O)N[C@@H](C)c3cccs3)C2=O)cc1OC. The minimum Gasteiger partial charge on any atom is -0.493 e. The lowest BCUT2D eigenvalue weighted by atomic mass is 9.91. The van der Waals surface area contributed by atoms with E-state index in [1.54, 1.807) is 25.1 Å². The second-order valence-corrected chi connectivity index (χ2v) is 7.80. The first-order chi connectivity index (χ1) is 13.8. The molecule has 1 fully saturated rings. The normalized spacial score (nSPS) is 19.7. The number of ether oxygens (including phenoxy) is 2. The van der Waals surface area contributed by atoms with E-state index in [2.05, 4.69) is 10.6 Å². The van der Waals surface area contributed by atoms with Crippen LogP contribution in [-0.4, -0.2) is 43.5 Å². The van der Waals surface area contributed by atoms with E-state index in [0.717, 1.165) is 9.78 Å². The second-order valence-electron chi connectivity index (χ2n) is 6.82. The Morgan fingerprint density at radius 2 is 1.97 bits per heavy atom. The lowest BCUT2D eigenvalue weighted by Crippen LogP contribution is -2.43. The summed E-state index contributed by atoms with van der Waals surface area (Å²) < 4.78 is 10.5. The lowest BCUT2D eigenvalue weighted by molar-refractivity contribution is -0.135. The third kappa shape index (κ3) is 3.91. The van der Waals surface area contributed by atoms with Crippen molar-refractivity contribution in [2.45, 2.75) is 25.4 Å². The van der Waals surface area contributed by atoms with E-state index < -0.39 is 23.4 Å². The van der Waals surface area contributed by atoms with Gasteiger partial charge in [0, 0.05) is 4.88 Å². The summed E-state index contributed by atoms with van der Waals surface area (Å²) in [5, 5.41) is 7.42. The Labute approximate surface area is 172 Å². The molecule has 1 aromatic heterocycles. The van der Waals surface area contributed by atoms with Crippen LogP contribution >= 0.6 is 11.3 Å². The Balaban J connectivity index is 1.76. The minimum absolute atomic E-state index is 0.208. The van der Waals surface area contributed by atoms with Crippen molar-refractivity contribution in [2.75, 3.05) is 20.8 Å². The number of carbonyl (C=O) groups excluding carboxylic acids is 3. The number of methoxy groups -OCH3 is 2. The molecule has 2 heterocycles. The Kier molecular flexibility index (Phi) is 5.78. The highest BCUT2D eigenvalue weighted by atomic mass is 32.1. The Hall–Kier alpha value is -3.07.